The number of aryl methyl sites for hydroxylation is 1. The lowest BCUT2D eigenvalue weighted by molar-refractivity contribution is -0.113. The number of fused-ring (bicyclic) bond motifs is 2. The summed E-state index contributed by atoms with van der Waals surface area (Å²) in [7, 11) is 0. The Morgan fingerprint density at radius 1 is 1.00 bits per heavy atom. The molecule has 6 nitrogen and oxygen atoms in total. The second kappa shape index (κ2) is 7.18. The van der Waals surface area contributed by atoms with Crippen molar-refractivity contribution in [2.75, 3.05) is 11.4 Å². The number of unbranched alkanes of at least 4 members (excludes halogenated alkanes) is 1. The van der Waals surface area contributed by atoms with Crippen LogP contribution in [0.5, 0.6) is 0 Å². The SMILES string of the molecule is CCCCN1C(=O)/C(=c2\sc3nc(-c4ccccc4C)nn3c2=O)c2ccccc21. The molecule has 2 aromatic heterocycles. The minimum atomic E-state index is -0.294. The lowest BCUT2D eigenvalue weighted by atomic mass is 10.1. The molecule has 0 aliphatic carbocycles. The first-order valence-corrected chi connectivity index (χ1v) is 10.8. The van der Waals surface area contributed by atoms with E-state index in [-0.39, 0.29) is 11.5 Å². The zero-order chi connectivity index (χ0) is 20.8. The topological polar surface area (TPSA) is 67.6 Å². The molecular weight excluding hydrogens is 396 g/mol. The summed E-state index contributed by atoms with van der Waals surface area (Å²) >= 11 is 1.23. The van der Waals surface area contributed by atoms with Crippen molar-refractivity contribution in [2.24, 2.45) is 0 Å². The van der Waals surface area contributed by atoms with Crippen LogP contribution in [0.2, 0.25) is 0 Å². The molecular formula is C23H20N4O2S. The standard InChI is InChI=1S/C23H20N4O2S/c1-3-4-13-26-17-12-8-7-11-16(17)18(21(26)28)19-22(29)27-23(30-19)24-20(25-27)15-10-6-5-9-14(15)2/h5-12H,3-4,13H2,1-2H3/b19-18-. The van der Waals surface area contributed by atoms with Gasteiger partial charge in [0.1, 0.15) is 4.53 Å². The summed E-state index contributed by atoms with van der Waals surface area (Å²) in [5.41, 5.74) is 3.78. The second-order valence-electron chi connectivity index (χ2n) is 7.38. The summed E-state index contributed by atoms with van der Waals surface area (Å²) in [4.78, 5) is 33.3. The van der Waals surface area contributed by atoms with E-state index in [2.05, 4.69) is 17.0 Å². The number of hydrogen-bond donors (Lipinski definition) is 0. The Bertz CT molecular complexity index is 1400. The maximum absolute atomic E-state index is 13.3. The average Bonchev–Trinajstić information content (AvgIpc) is 3.37. The first-order chi connectivity index (χ1) is 14.6. The highest BCUT2D eigenvalue weighted by Gasteiger charge is 2.33. The molecule has 4 aromatic rings. The Kier molecular flexibility index (Phi) is 4.47. The van der Waals surface area contributed by atoms with Gasteiger partial charge in [0.15, 0.2) is 5.82 Å². The van der Waals surface area contributed by atoms with Crippen LogP contribution in [0, 0.1) is 6.92 Å². The van der Waals surface area contributed by atoms with E-state index >= 15 is 0 Å². The van der Waals surface area contributed by atoms with Crippen LogP contribution in [0.4, 0.5) is 5.69 Å². The van der Waals surface area contributed by atoms with Gasteiger partial charge >= 0.3 is 0 Å². The highest BCUT2D eigenvalue weighted by molar-refractivity contribution is 7.15. The van der Waals surface area contributed by atoms with E-state index in [1.807, 2.05) is 55.5 Å². The Morgan fingerprint density at radius 3 is 2.47 bits per heavy atom. The van der Waals surface area contributed by atoms with E-state index in [9.17, 15) is 9.59 Å². The van der Waals surface area contributed by atoms with Crippen LogP contribution in [0.3, 0.4) is 0 Å². The van der Waals surface area contributed by atoms with Crippen LogP contribution >= 0.6 is 11.3 Å². The number of anilines is 1. The van der Waals surface area contributed by atoms with Gasteiger partial charge in [0.25, 0.3) is 11.5 Å². The molecule has 5 rings (SSSR count). The molecule has 1 aliphatic heterocycles. The molecule has 0 fully saturated rings. The number of rotatable bonds is 4. The number of benzene rings is 2. The number of carbonyl (C=O) groups excluding carboxylic acids is 1. The Labute approximate surface area is 177 Å². The van der Waals surface area contributed by atoms with Gasteiger partial charge in [0.05, 0.1) is 11.3 Å². The monoisotopic (exact) mass is 416 g/mol. The fraction of sp³-hybridized carbons (Fsp3) is 0.217. The van der Waals surface area contributed by atoms with Crippen LogP contribution in [-0.2, 0) is 4.79 Å². The van der Waals surface area contributed by atoms with E-state index < -0.39 is 0 Å². The number of aromatic nitrogens is 3. The molecule has 7 heteroatoms. The van der Waals surface area contributed by atoms with Crippen LogP contribution in [-0.4, -0.2) is 27.0 Å². The molecule has 2 aromatic carbocycles. The molecule has 0 N–H and O–H groups in total. The summed E-state index contributed by atoms with van der Waals surface area (Å²) < 4.78 is 1.72. The first kappa shape index (κ1) is 18.7. The smallest absolute Gasteiger partial charge is 0.291 e. The van der Waals surface area contributed by atoms with Crippen molar-refractivity contribution in [1.29, 1.82) is 0 Å². The molecule has 0 atom stereocenters. The lowest BCUT2D eigenvalue weighted by Gasteiger charge is -2.16. The minimum Gasteiger partial charge on any atom is -0.308 e. The van der Waals surface area contributed by atoms with E-state index in [0.29, 0.717) is 27.4 Å². The molecule has 150 valence electrons. The van der Waals surface area contributed by atoms with E-state index in [1.54, 1.807) is 4.90 Å². The predicted octanol–water partition coefficient (Wildman–Crippen LogP) is 3.19. The van der Waals surface area contributed by atoms with E-state index in [1.165, 1.54) is 15.9 Å². The molecule has 0 saturated heterocycles. The fourth-order valence-corrected chi connectivity index (χ4v) is 4.86. The fourth-order valence-electron chi connectivity index (χ4n) is 3.86. The van der Waals surface area contributed by atoms with Gasteiger partial charge in [-0.05, 0) is 25.0 Å². The van der Waals surface area contributed by atoms with Gasteiger partial charge in [-0.25, -0.2) is 0 Å². The van der Waals surface area contributed by atoms with E-state index in [0.717, 1.165) is 35.2 Å². The number of para-hydroxylation sites is 1. The summed E-state index contributed by atoms with van der Waals surface area (Å²) in [5.74, 6) is 0.404. The average molecular weight is 417 g/mol. The quantitative estimate of drug-likeness (QED) is 0.512. The zero-order valence-electron chi connectivity index (χ0n) is 16.8. The van der Waals surface area contributed by atoms with Gasteiger partial charge in [0.2, 0.25) is 4.96 Å². The molecule has 0 spiro atoms. The molecule has 3 heterocycles. The Balaban J connectivity index is 1.70. The maximum Gasteiger partial charge on any atom is 0.291 e. The first-order valence-electron chi connectivity index (χ1n) is 10.0. The van der Waals surface area contributed by atoms with Crippen molar-refractivity contribution >= 4 is 33.5 Å². The van der Waals surface area contributed by atoms with Crippen LogP contribution < -0.4 is 15.0 Å². The summed E-state index contributed by atoms with van der Waals surface area (Å²) in [5, 5.41) is 4.45. The summed E-state index contributed by atoms with van der Waals surface area (Å²) in [6.07, 6.45) is 1.90. The van der Waals surface area contributed by atoms with Crippen LogP contribution in [0.1, 0.15) is 30.9 Å². The van der Waals surface area contributed by atoms with Crippen molar-refractivity contribution in [2.45, 2.75) is 26.7 Å². The van der Waals surface area contributed by atoms with Gasteiger partial charge in [-0.3, -0.25) is 9.59 Å². The molecule has 0 bridgehead atoms. The van der Waals surface area contributed by atoms with E-state index in [4.69, 9.17) is 0 Å². The molecule has 0 saturated carbocycles. The summed E-state index contributed by atoms with van der Waals surface area (Å²) in [6, 6.07) is 15.5. The minimum absolute atomic E-state index is 0.120. The van der Waals surface area contributed by atoms with Crippen molar-refractivity contribution < 1.29 is 4.79 Å². The van der Waals surface area contributed by atoms with Gasteiger partial charge in [-0.2, -0.15) is 9.50 Å². The van der Waals surface area contributed by atoms with Crippen molar-refractivity contribution in [3.63, 3.8) is 0 Å². The number of carbonyl (C=O) groups is 1. The number of hydrogen-bond acceptors (Lipinski definition) is 5. The summed E-state index contributed by atoms with van der Waals surface area (Å²) in [6.45, 7) is 4.73. The third kappa shape index (κ3) is 2.77. The lowest BCUT2D eigenvalue weighted by Crippen LogP contribution is -2.33. The van der Waals surface area contributed by atoms with Crippen LogP contribution in [0.15, 0.2) is 53.3 Å². The highest BCUT2D eigenvalue weighted by Crippen LogP contribution is 2.35. The molecule has 30 heavy (non-hydrogen) atoms. The third-order valence-corrected chi connectivity index (χ3v) is 6.46. The number of nitrogens with zero attached hydrogens (tertiary/aromatic N) is 4. The highest BCUT2D eigenvalue weighted by atomic mass is 32.1. The van der Waals surface area contributed by atoms with Gasteiger partial charge < -0.3 is 4.90 Å². The van der Waals surface area contributed by atoms with Crippen molar-refractivity contribution in [3.05, 3.63) is 74.5 Å². The predicted molar refractivity (Wildman–Crippen MR) is 119 cm³/mol. The molecule has 0 radical (unpaired) electrons. The third-order valence-electron chi connectivity index (χ3n) is 5.43. The zero-order valence-corrected chi connectivity index (χ0v) is 17.6. The molecule has 0 unspecified atom stereocenters. The number of amides is 1. The van der Waals surface area contributed by atoms with Crippen LogP contribution in [0.25, 0.3) is 21.9 Å². The Hall–Kier alpha value is -3.32. The maximum atomic E-state index is 13.3. The van der Waals surface area contributed by atoms with Gasteiger partial charge in [-0.1, -0.05) is 67.1 Å². The largest absolute Gasteiger partial charge is 0.308 e. The van der Waals surface area contributed by atoms with Crippen molar-refractivity contribution in [3.8, 4) is 11.4 Å². The normalized spacial score (nSPS) is 15.3. The van der Waals surface area contributed by atoms with Gasteiger partial charge in [-0.15, -0.1) is 5.10 Å². The van der Waals surface area contributed by atoms with Gasteiger partial charge in [0, 0.05) is 17.7 Å². The second-order valence-corrected chi connectivity index (χ2v) is 8.36. The van der Waals surface area contributed by atoms with Crippen molar-refractivity contribution in [1.82, 2.24) is 14.6 Å². The number of thiazole rings is 1. The Morgan fingerprint density at radius 2 is 1.73 bits per heavy atom. The molecule has 1 amide bonds. The molecule has 1 aliphatic rings.